The number of benzene rings is 2. The number of para-hydroxylation sites is 1. The van der Waals surface area contributed by atoms with Gasteiger partial charge in [0.2, 0.25) is 0 Å². The minimum atomic E-state index is -0.285. The van der Waals surface area contributed by atoms with Crippen LogP contribution in [0.25, 0.3) is 0 Å². The summed E-state index contributed by atoms with van der Waals surface area (Å²) >= 11 is 1.55. The Morgan fingerprint density at radius 3 is 2.07 bits per heavy atom. The molecule has 0 fully saturated rings. The number of carbonyl (C=O) groups is 3. The third-order valence-corrected chi connectivity index (χ3v) is 6.56. The van der Waals surface area contributed by atoms with Gasteiger partial charge in [0.05, 0.1) is 22.1 Å². The number of amides is 2. The molecule has 0 N–H and O–H groups in total. The van der Waals surface area contributed by atoms with Gasteiger partial charge in [0.15, 0.2) is 0 Å². The van der Waals surface area contributed by atoms with Crippen LogP contribution in [0.1, 0.15) is 83.9 Å². The standard InChI is InChI=1S/C25H29NO3S/c1-6-30-18(14-27)13-17-9-7-12-21-22(17)25(29)26(24(21)28)23-19(15(2)3)10-8-11-20(23)16(4)5/h7-12,14-16,18H,6,13H2,1-5H3. The van der Waals surface area contributed by atoms with Gasteiger partial charge >= 0.3 is 0 Å². The van der Waals surface area contributed by atoms with Gasteiger partial charge in [-0.1, -0.05) is 65.0 Å². The van der Waals surface area contributed by atoms with Crippen molar-refractivity contribution in [1.29, 1.82) is 0 Å². The number of carbonyl (C=O) groups excluding carboxylic acids is 3. The largest absolute Gasteiger partial charge is 0.302 e. The lowest BCUT2D eigenvalue weighted by Gasteiger charge is -2.25. The highest BCUT2D eigenvalue weighted by molar-refractivity contribution is 8.00. The number of nitrogens with zero attached hydrogens (tertiary/aromatic N) is 1. The minimum absolute atomic E-state index is 0.169. The summed E-state index contributed by atoms with van der Waals surface area (Å²) in [5.41, 5.74) is 4.33. The average Bonchev–Trinajstić information content (AvgIpc) is 2.97. The molecule has 2 aromatic rings. The van der Waals surface area contributed by atoms with E-state index in [9.17, 15) is 14.4 Å². The lowest BCUT2D eigenvalue weighted by atomic mass is 9.92. The second-order valence-corrected chi connectivity index (χ2v) is 9.73. The number of hydrogen-bond acceptors (Lipinski definition) is 4. The first kappa shape index (κ1) is 22.3. The van der Waals surface area contributed by atoms with E-state index in [0.717, 1.165) is 34.4 Å². The molecule has 0 spiro atoms. The van der Waals surface area contributed by atoms with E-state index in [2.05, 4.69) is 27.7 Å². The van der Waals surface area contributed by atoms with E-state index in [1.807, 2.05) is 31.2 Å². The molecule has 0 radical (unpaired) electrons. The SMILES string of the molecule is CCSC(C=O)Cc1cccc2c1C(=O)N(c1c(C(C)C)cccc1C(C)C)C2=O. The van der Waals surface area contributed by atoms with Gasteiger partial charge in [-0.15, -0.1) is 0 Å². The summed E-state index contributed by atoms with van der Waals surface area (Å²) in [5, 5.41) is -0.229. The first-order valence-electron chi connectivity index (χ1n) is 10.5. The fourth-order valence-corrected chi connectivity index (χ4v) is 4.88. The smallest absolute Gasteiger partial charge is 0.266 e. The molecule has 1 atom stereocenters. The Hall–Kier alpha value is -2.40. The van der Waals surface area contributed by atoms with Gasteiger partial charge in [0.25, 0.3) is 11.8 Å². The van der Waals surface area contributed by atoms with Crippen LogP contribution in [0.15, 0.2) is 36.4 Å². The Balaban J connectivity index is 2.14. The second kappa shape index (κ2) is 9.17. The van der Waals surface area contributed by atoms with E-state index in [-0.39, 0.29) is 28.9 Å². The third kappa shape index (κ3) is 3.95. The van der Waals surface area contributed by atoms with Crippen molar-refractivity contribution < 1.29 is 14.4 Å². The van der Waals surface area contributed by atoms with Crippen LogP contribution in [0.4, 0.5) is 5.69 Å². The lowest BCUT2D eigenvalue weighted by Crippen LogP contribution is -2.32. The topological polar surface area (TPSA) is 54.5 Å². The van der Waals surface area contributed by atoms with Crippen molar-refractivity contribution in [3.8, 4) is 0 Å². The normalized spacial score (nSPS) is 14.6. The molecule has 0 bridgehead atoms. The molecule has 0 saturated heterocycles. The lowest BCUT2D eigenvalue weighted by molar-refractivity contribution is -0.107. The van der Waals surface area contributed by atoms with Crippen LogP contribution in [-0.4, -0.2) is 29.1 Å². The molecule has 158 valence electrons. The number of aldehydes is 1. The predicted molar refractivity (Wildman–Crippen MR) is 124 cm³/mol. The van der Waals surface area contributed by atoms with E-state index >= 15 is 0 Å². The minimum Gasteiger partial charge on any atom is -0.302 e. The maximum absolute atomic E-state index is 13.6. The van der Waals surface area contributed by atoms with E-state index in [0.29, 0.717) is 17.5 Å². The highest BCUT2D eigenvalue weighted by atomic mass is 32.2. The van der Waals surface area contributed by atoms with Gasteiger partial charge in [-0.05, 0) is 46.8 Å². The summed E-state index contributed by atoms with van der Waals surface area (Å²) in [5.74, 6) is 0.590. The Bertz CT molecular complexity index is 954. The number of anilines is 1. The van der Waals surface area contributed by atoms with Crippen LogP contribution >= 0.6 is 11.8 Å². The molecule has 4 nitrogen and oxygen atoms in total. The Morgan fingerprint density at radius 2 is 1.53 bits per heavy atom. The Labute approximate surface area is 183 Å². The molecule has 2 amide bonds. The maximum atomic E-state index is 13.6. The summed E-state index contributed by atoms with van der Waals surface area (Å²) < 4.78 is 0. The van der Waals surface area contributed by atoms with Gasteiger partial charge in [0.1, 0.15) is 6.29 Å². The zero-order valence-corrected chi connectivity index (χ0v) is 19.1. The molecule has 2 aromatic carbocycles. The predicted octanol–water partition coefficient (Wildman–Crippen LogP) is 5.60. The fraction of sp³-hybridized carbons (Fsp3) is 0.400. The van der Waals surface area contributed by atoms with E-state index in [1.54, 1.807) is 23.9 Å². The molecule has 1 unspecified atom stereocenters. The second-order valence-electron chi connectivity index (χ2n) is 8.21. The number of rotatable bonds is 8. The monoisotopic (exact) mass is 423 g/mol. The summed E-state index contributed by atoms with van der Waals surface area (Å²) in [6, 6.07) is 11.4. The quantitative estimate of drug-likeness (QED) is 0.410. The molecule has 3 rings (SSSR count). The van der Waals surface area contributed by atoms with Crippen molar-refractivity contribution in [2.45, 2.75) is 58.1 Å². The van der Waals surface area contributed by atoms with Gasteiger partial charge in [0, 0.05) is 0 Å². The number of hydrogen-bond donors (Lipinski definition) is 0. The molecule has 1 aliphatic rings. The molecular weight excluding hydrogens is 394 g/mol. The highest BCUT2D eigenvalue weighted by Crippen LogP contribution is 2.40. The summed E-state index contributed by atoms with van der Waals surface area (Å²) in [7, 11) is 0. The van der Waals surface area contributed by atoms with Crippen molar-refractivity contribution in [3.05, 3.63) is 64.2 Å². The Morgan fingerprint density at radius 1 is 0.933 bits per heavy atom. The van der Waals surface area contributed by atoms with E-state index in [4.69, 9.17) is 0 Å². The van der Waals surface area contributed by atoms with Crippen LogP contribution < -0.4 is 4.90 Å². The van der Waals surface area contributed by atoms with E-state index < -0.39 is 0 Å². The van der Waals surface area contributed by atoms with Crippen LogP contribution in [0.5, 0.6) is 0 Å². The third-order valence-electron chi connectivity index (χ3n) is 5.52. The van der Waals surface area contributed by atoms with Crippen LogP contribution in [0, 0.1) is 0 Å². The number of fused-ring (bicyclic) bond motifs is 1. The van der Waals surface area contributed by atoms with Crippen LogP contribution in [0.2, 0.25) is 0 Å². The van der Waals surface area contributed by atoms with Gasteiger partial charge in [-0.2, -0.15) is 11.8 Å². The van der Waals surface area contributed by atoms with Crippen molar-refractivity contribution in [3.63, 3.8) is 0 Å². The highest BCUT2D eigenvalue weighted by Gasteiger charge is 2.40. The van der Waals surface area contributed by atoms with Gasteiger partial charge in [-0.25, -0.2) is 4.90 Å². The zero-order chi connectivity index (χ0) is 22.0. The van der Waals surface area contributed by atoms with Crippen molar-refractivity contribution in [2.75, 3.05) is 10.7 Å². The number of imide groups is 1. The maximum Gasteiger partial charge on any atom is 0.266 e. The average molecular weight is 424 g/mol. The Kier molecular flexibility index (Phi) is 6.81. The van der Waals surface area contributed by atoms with Gasteiger partial charge < -0.3 is 4.79 Å². The zero-order valence-electron chi connectivity index (χ0n) is 18.3. The number of thioether (sulfide) groups is 1. The molecule has 0 aromatic heterocycles. The van der Waals surface area contributed by atoms with Crippen molar-refractivity contribution in [2.24, 2.45) is 0 Å². The van der Waals surface area contributed by atoms with Gasteiger partial charge in [-0.3, -0.25) is 9.59 Å². The van der Waals surface area contributed by atoms with Crippen LogP contribution in [0.3, 0.4) is 0 Å². The summed E-state index contributed by atoms with van der Waals surface area (Å²) in [4.78, 5) is 39.9. The molecule has 5 heteroatoms. The molecule has 0 saturated carbocycles. The van der Waals surface area contributed by atoms with Crippen molar-refractivity contribution >= 4 is 35.5 Å². The fourth-order valence-electron chi connectivity index (χ4n) is 4.08. The van der Waals surface area contributed by atoms with Crippen LogP contribution in [-0.2, 0) is 11.2 Å². The molecule has 30 heavy (non-hydrogen) atoms. The summed E-state index contributed by atoms with van der Waals surface area (Å²) in [6.07, 6.45) is 1.37. The molecular formula is C25H29NO3S. The first-order valence-corrected chi connectivity index (χ1v) is 11.6. The first-order chi connectivity index (χ1) is 14.3. The molecule has 1 aliphatic heterocycles. The molecule has 1 heterocycles. The molecule has 0 aliphatic carbocycles. The van der Waals surface area contributed by atoms with E-state index in [1.165, 1.54) is 4.90 Å². The van der Waals surface area contributed by atoms with Crippen molar-refractivity contribution in [1.82, 2.24) is 0 Å². The summed E-state index contributed by atoms with van der Waals surface area (Å²) in [6.45, 7) is 10.3.